The summed E-state index contributed by atoms with van der Waals surface area (Å²) in [5.41, 5.74) is 6.97. The quantitative estimate of drug-likeness (QED) is 0.0345. The summed E-state index contributed by atoms with van der Waals surface area (Å²) >= 11 is 1.60. The maximum atomic E-state index is 6.84. The van der Waals surface area contributed by atoms with Crippen molar-refractivity contribution in [3.63, 3.8) is 0 Å². The third-order valence-electron chi connectivity index (χ3n) is 20.6. The van der Waals surface area contributed by atoms with Gasteiger partial charge in [-0.1, -0.05) is 353 Å². The van der Waals surface area contributed by atoms with Crippen LogP contribution in [0.25, 0.3) is 65.5 Å². The Morgan fingerprint density at radius 1 is 0.235 bits per heavy atom. The van der Waals surface area contributed by atoms with Gasteiger partial charge in [0, 0.05) is 22.3 Å². The predicted octanol–water partition coefficient (Wildman–Crippen LogP) is 29.8. The minimum atomic E-state index is 0.632. The van der Waals surface area contributed by atoms with Crippen molar-refractivity contribution < 1.29 is 23.7 Å². The molecule has 0 unspecified atom stereocenters. The van der Waals surface area contributed by atoms with E-state index in [0.29, 0.717) is 26.4 Å². The molecule has 0 atom stereocenters. The van der Waals surface area contributed by atoms with Crippen LogP contribution in [0.15, 0.2) is 91.0 Å². The van der Waals surface area contributed by atoms with Crippen molar-refractivity contribution in [1.29, 1.82) is 0 Å². The summed E-state index contributed by atoms with van der Waals surface area (Å²) in [5, 5.41) is 13.6. The fraction of sp³-hybridized carbons (Fsp3) is 0.652. The Morgan fingerprint density at radius 3 is 0.892 bits per heavy atom. The normalized spacial score (nSPS) is 11.6. The van der Waals surface area contributed by atoms with Gasteiger partial charge in [-0.2, -0.15) is 0 Å². The fourth-order valence-electron chi connectivity index (χ4n) is 14.1. The number of rotatable bonds is 64. The van der Waals surface area contributed by atoms with E-state index in [-0.39, 0.29) is 0 Å². The number of aromatic nitrogens is 4. The lowest BCUT2D eigenvalue weighted by Gasteiger charge is -2.17. The van der Waals surface area contributed by atoms with Gasteiger partial charge in [-0.05, 0) is 116 Å². The highest BCUT2D eigenvalue weighted by Gasteiger charge is 2.21. The molecule has 0 bridgehead atoms. The van der Waals surface area contributed by atoms with Gasteiger partial charge in [-0.15, -0.1) is 10.2 Å². The number of hydrogen-bond donors (Lipinski definition) is 0. The average Bonchev–Trinajstić information content (AvgIpc) is 1.000. The topological polar surface area (TPSA) is 97.7 Å². The summed E-state index contributed by atoms with van der Waals surface area (Å²) in [6.07, 6.45) is 64.4. The number of ether oxygens (including phenoxy) is 5. The molecule has 564 valence electrons. The first kappa shape index (κ1) is 83.5. The minimum Gasteiger partial charge on any atom is -0.494 e. The van der Waals surface area contributed by atoms with Gasteiger partial charge in [0.2, 0.25) is 0 Å². The van der Waals surface area contributed by atoms with Crippen molar-refractivity contribution in [3.8, 4) is 72.4 Å². The second kappa shape index (κ2) is 53.9. The molecular formula is C92H140N4O5S. The molecule has 0 amide bonds. The SMILES string of the molecule is CCCCCCCCCCCCOc1ccc2cc(-c3nnc(-c4ccc5nc(-c6ccc(OCCCCCCCCCCCC)c(OCCCCCCCCCCCC)c6)c(-c6ccc(OCCCCCCCCCCCC)c(OCCCCCCCCCCCC)c6)nc5c4)s3)ccc2c1. The molecule has 10 heteroatoms. The van der Waals surface area contributed by atoms with E-state index < -0.39 is 0 Å². The summed E-state index contributed by atoms with van der Waals surface area (Å²) < 4.78 is 33.3. The molecule has 0 radical (unpaired) electrons. The molecule has 0 saturated heterocycles. The van der Waals surface area contributed by atoms with E-state index in [1.165, 1.54) is 276 Å². The highest BCUT2D eigenvalue weighted by atomic mass is 32.1. The average molecular weight is 1410 g/mol. The first-order chi connectivity index (χ1) is 50.5. The van der Waals surface area contributed by atoms with E-state index in [0.717, 1.165) is 146 Å². The summed E-state index contributed by atoms with van der Waals surface area (Å²) in [6.45, 7) is 14.8. The van der Waals surface area contributed by atoms with Gasteiger partial charge >= 0.3 is 0 Å². The van der Waals surface area contributed by atoms with Crippen molar-refractivity contribution in [2.45, 2.75) is 356 Å². The van der Waals surface area contributed by atoms with Crippen LogP contribution in [-0.4, -0.2) is 53.2 Å². The molecule has 0 fully saturated rings. The molecular weight excluding hydrogens is 1270 g/mol. The van der Waals surface area contributed by atoms with E-state index in [9.17, 15) is 0 Å². The zero-order valence-electron chi connectivity index (χ0n) is 65.3. The van der Waals surface area contributed by atoms with Crippen LogP contribution in [-0.2, 0) is 0 Å². The van der Waals surface area contributed by atoms with E-state index in [1.807, 2.05) is 0 Å². The van der Waals surface area contributed by atoms with Gasteiger partial charge in [0.25, 0.3) is 0 Å². The van der Waals surface area contributed by atoms with Crippen LogP contribution >= 0.6 is 11.3 Å². The van der Waals surface area contributed by atoms with Crippen LogP contribution in [0.2, 0.25) is 0 Å². The molecule has 9 nitrogen and oxygen atoms in total. The third kappa shape index (κ3) is 33.1. The maximum Gasteiger partial charge on any atom is 0.161 e. The third-order valence-corrected chi connectivity index (χ3v) is 21.6. The molecule has 0 aliphatic heterocycles. The summed E-state index contributed by atoms with van der Waals surface area (Å²) in [7, 11) is 0. The van der Waals surface area contributed by atoms with Crippen LogP contribution in [0.3, 0.4) is 0 Å². The molecule has 0 aliphatic carbocycles. The Morgan fingerprint density at radius 2 is 0.520 bits per heavy atom. The molecule has 0 saturated carbocycles. The van der Waals surface area contributed by atoms with Crippen molar-refractivity contribution >= 4 is 33.1 Å². The second-order valence-corrected chi connectivity index (χ2v) is 30.7. The summed E-state index contributed by atoms with van der Waals surface area (Å²) in [4.78, 5) is 11.2. The Labute approximate surface area is 625 Å². The van der Waals surface area contributed by atoms with Crippen molar-refractivity contribution in [2.24, 2.45) is 0 Å². The predicted molar refractivity (Wildman–Crippen MR) is 439 cm³/mol. The van der Waals surface area contributed by atoms with Crippen LogP contribution in [0.4, 0.5) is 0 Å². The lowest BCUT2D eigenvalue weighted by Crippen LogP contribution is -2.04. The molecule has 7 aromatic rings. The number of unbranched alkanes of at least 4 members (excludes halogenated alkanes) is 45. The molecule has 0 aliphatic rings. The number of benzene rings is 5. The van der Waals surface area contributed by atoms with Gasteiger partial charge in [0.05, 0.1) is 55.5 Å². The highest BCUT2D eigenvalue weighted by Crippen LogP contribution is 2.41. The lowest BCUT2D eigenvalue weighted by atomic mass is 10.0. The van der Waals surface area contributed by atoms with E-state index in [2.05, 4.69) is 126 Å². The number of fused-ring (bicyclic) bond motifs is 2. The molecule has 7 rings (SSSR count). The fourth-order valence-corrected chi connectivity index (χ4v) is 15.0. The van der Waals surface area contributed by atoms with Crippen molar-refractivity contribution in [3.05, 3.63) is 91.0 Å². The first-order valence-corrected chi connectivity index (χ1v) is 43.5. The van der Waals surface area contributed by atoms with Crippen LogP contribution < -0.4 is 23.7 Å². The number of nitrogens with zero attached hydrogens (tertiary/aromatic N) is 4. The minimum absolute atomic E-state index is 0.632. The molecule has 0 spiro atoms. The van der Waals surface area contributed by atoms with Gasteiger partial charge in [-0.25, -0.2) is 9.97 Å². The molecule has 102 heavy (non-hydrogen) atoms. The Hall–Kier alpha value is -5.74. The zero-order valence-corrected chi connectivity index (χ0v) is 66.1. The van der Waals surface area contributed by atoms with Gasteiger partial charge in [-0.3, -0.25) is 0 Å². The molecule has 0 N–H and O–H groups in total. The monoisotopic (exact) mass is 1410 g/mol. The zero-order chi connectivity index (χ0) is 71.4. The lowest BCUT2D eigenvalue weighted by molar-refractivity contribution is 0.258. The maximum absolute atomic E-state index is 6.84. The van der Waals surface area contributed by atoms with Crippen LogP contribution in [0.1, 0.15) is 356 Å². The van der Waals surface area contributed by atoms with Gasteiger partial charge in [0.1, 0.15) is 15.8 Å². The summed E-state index contributed by atoms with van der Waals surface area (Å²) in [6, 6.07) is 32.2. The van der Waals surface area contributed by atoms with Gasteiger partial charge < -0.3 is 23.7 Å². The molecule has 5 aromatic carbocycles. The molecule has 2 heterocycles. The smallest absolute Gasteiger partial charge is 0.161 e. The first-order valence-electron chi connectivity index (χ1n) is 42.6. The summed E-state index contributed by atoms with van der Waals surface area (Å²) in [5.74, 6) is 4.04. The standard InChI is InChI=1S/C92H140N4O5S/c1-6-11-16-21-26-31-36-41-46-51-66-97-82-62-58-76-71-80(57-56-77(76)72-82)91-95-96-92(102-91)81-59-63-83-84(73-81)94-90(79-61-65-86(99-68-53-48-43-38-33-28-23-18-13-8-3)88(75-79)101-70-55-50-45-40-35-30-25-20-15-10-5)89(93-83)78-60-64-85(98-67-52-47-42-37-32-27-22-17-12-7-2)87(74-78)100-69-54-49-44-39-34-29-24-19-14-9-4/h56-65,71-75H,6-55,66-70H2,1-5H3. The Bertz CT molecular complexity index is 3270. The van der Waals surface area contributed by atoms with E-state index in [4.69, 9.17) is 43.8 Å². The van der Waals surface area contributed by atoms with E-state index >= 15 is 0 Å². The van der Waals surface area contributed by atoms with E-state index in [1.54, 1.807) is 11.3 Å². The van der Waals surface area contributed by atoms with Gasteiger partial charge in [0.15, 0.2) is 23.0 Å². The number of hydrogen-bond acceptors (Lipinski definition) is 10. The molecule has 2 aromatic heterocycles. The Balaban J connectivity index is 1.13. The Kier molecular flexibility index (Phi) is 44.2. The van der Waals surface area contributed by atoms with Crippen LogP contribution in [0.5, 0.6) is 28.7 Å². The van der Waals surface area contributed by atoms with Crippen LogP contribution in [0, 0.1) is 0 Å². The van der Waals surface area contributed by atoms with Crippen molar-refractivity contribution in [2.75, 3.05) is 33.0 Å². The highest BCUT2D eigenvalue weighted by molar-refractivity contribution is 7.17. The van der Waals surface area contributed by atoms with Crippen molar-refractivity contribution in [1.82, 2.24) is 20.2 Å². The largest absolute Gasteiger partial charge is 0.494 e. The second-order valence-electron chi connectivity index (χ2n) is 29.7.